The summed E-state index contributed by atoms with van der Waals surface area (Å²) < 4.78 is 0. The highest BCUT2D eigenvalue weighted by Crippen LogP contribution is 2.25. The normalized spacial score (nSPS) is 19.8. The lowest BCUT2D eigenvalue weighted by molar-refractivity contribution is 0.154. The van der Waals surface area contributed by atoms with E-state index in [1.165, 1.54) is 32.1 Å². The monoisotopic (exact) mass is 265 g/mol. The molecule has 0 radical (unpaired) electrons. The fourth-order valence-electron chi connectivity index (χ4n) is 3.01. The van der Waals surface area contributed by atoms with Gasteiger partial charge in [-0.15, -0.1) is 0 Å². The zero-order valence-corrected chi connectivity index (χ0v) is 13.2. The quantitative estimate of drug-likeness (QED) is 0.732. The van der Waals surface area contributed by atoms with Gasteiger partial charge in [-0.1, -0.05) is 33.6 Å². The summed E-state index contributed by atoms with van der Waals surface area (Å²) in [6.07, 6.45) is 6.56. The van der Waals surface area contributed by atoms with Gasteiger partial charge in [0.05, 0.1) is 6.07 Å². The molecule has 110 valence electrons. The summed E-state index contributed by atoms with van der Waals surface area (Å²) in [5, 5.41) is 12.8. The van der Waals surface area contributed by atoms with E-state index >= 15 is 0 Å². The Labute approximate surface area is 119 Å². The maximum atomic E-state index is 9.45. The van der Waals surface area contributed by atoms with Gasteiger partial charge in [0.1, 0.15) is 5.54 Å². The van der Waals surface area contributed by atoms with Crippen molar-refractivity contribution >= 4 is 0 Å². The van der Waals surface area contributed by atoms with E-state index in [1.807, 2.05) is 6.92 Å². The second-order valence-corrected chi connectivity index (χ2v) is 6.57. The average Bonchev–Trinajstić information content (AvgIpc) is 2.88. The van der Waals surface area contributed by atoms with E-state index in [1.54, 1.807) is 0 Å². The topological polar surface area (TPSA) is 39.1 Å². The van der Waals surface area contributed by atoms with Crippen LogP contribution < -0.4 is 5.32 Å². The summed E-state index contributed by atoms with van der Waals surface area (Å²) in [6, 6.07) is 3.17. The lowest BCUT2D eigenvalue weighted by atomic mass is 10.0. The zero-order valence-electron chi connectivity index (χ0n) is 13.2. The molecule has 0 aromatic carbocycles. The van der Waals surface area contributed by atoms with Crippen molar-refractivity contribution in [1.29, 1.82) is 5.26 Å². The third kappa shape index (κ3) is 5.50. The van der Waals surface area contributed by atoms with Crippen LogP contribution in [-0.2, 0) is 0 Å². The third-order valence-corrected chi connectivity index (χ3v) is 4.17. The molecule has 0 aromatic rings. The number of nitrogens with one attached hydrogen (secondary N) is 1. The molecule has 0 aromatic heterocycles. The molecule has 1 unspecified atom stereocenters. The largest absolute Gasteiger partial charge is 0.299 e. The first kappa shape index (κ1) is 16.5. The van der Waals surface area contributed by atoms with Crippen LogP contribution in [0, 0.1) is 17.2 Å². The molecule has 1 aliphatic rings. The van der Waals surface area contributed by atoms with Crippen molar-refractivity contribution in [3.05, 3.63) is 0 Å². The van der Waals surface area contributed by atoms with Crippen LogP contribution in [0.15, 0.2) is 0 Å². The molecule has 0 spiro atoms. The van der Waals surface area contributed by atoms with Gasteiger partial charge in [-0.3, -0.25) is 10.2 Å². The minimum Gasteiger partial charge on any atom is -0.299 e. The van der Waals surface area contributed by atoms with E-state index in [0.717, 1.165) is 25.6 Å². The van der Waals surface area contributed by atoms with Crippen LogP contribution >= 0.6 is 0 Å². The van der Waals surface area contributed by atoms with Crippen LogP contribution in [-0.4, -0.2) is 36.1 Å². The van der Waals surface area contributed by atoms with Crippen LogP contribution in [0.25, 0.3) is 0 Å². The maximum absolute atomic E-state index is 9.45. The highest BCUT2D eigenvalue weighted by atomic mass is 15.2. The molecule has 3 nitrogen and oxygen atoms in total. The molecule has 1 saturated carbocycles. The number of hydrogen-bond donors (Lipinski definition) is 1. The van der Waals surface area contributed by atoms with Crippen molar-refractivity contribution in [3.63, 3.8) is 0 Å². The Morgan fingerprint density at radius 2 is 2.00 bits per heavy atom. The first-order chi connectivity index (χ1) is 9.00. The summed E-state index contributed by atoms with van der Waals surface area (Å²) in [4.78, 5) is 2.57. The predicted octanol–water partition coefficient (Wildman–Crippen LogP) is 3.17. The Kier molecular flexibility index (Phi) is 6.82. The lowest BCUT2D eigenvalue weighted by Gasteiger charge is -2.35. The standard InChI is InChI=1S/C16H31N3/c1-5-18-16(4,12-17)13-19(11-10-14(2)3)15-8-6-7-9-15/h14-15,18H,5-11,13H2,1-4H3. The first-order valence-corrected chi connectivity index (χ1v) is 7.91. The molecule has 1 N–H and O–H groups in total. The molecule has 0 aliphatic heterocycles. The molecule has 1 rings (SSSR count). The van der Waals surface area contributed by atoms with Gasteiger partial charge in [0.25, 0.3) is 0 Å². The van der Waals surface area contributed by atoms with Crippen molar-refractivity contribution in [2.75, 3.05) is 19.6 Å². The van der Waals surface area contributed by atoms with E-state index in [2.05, 4.69) is 37.1 Å². The molecule has 0 amide bonds. The minimum atomic E-state index is -0.408. The highest BCUT2D eigenvalue weighted by Gasteiger charge is 2.30. The SMILES string of the molecule is CCNC(C)(C#N)CN(CCC(C)C)C1CCCC1. The first-order valence-electron chi connectivity index (χ1n) is 7.91. The van der Waals surface area contributed by atoms with Gasteiger partial charge >= 0.3 is 0 Å². The van der Waals surface area contributed by atoms with Gasteiger partial charge in [0, 0.05) is 12.6 Å². The minimum absolute atomic E-state index is 0.408. The predicted molar refractivity (Wildman–Crippen MR) is 81.0 cm³/mol. The number of rotatable bonds is 8. The summed E-state index contributed by atoms with van der Waals surface area (Å²) in [6.45, 7) is 11.5. The van der Waals surface area contributed by atoms with E-state index in [-0.39, 0.29) is 0 Å². The average molecular weight is 265 g/mol. The molecule has 0 heterocycles. The van der Waals surface area contributed by atoms with Crippen LogP contribution in [0.3, 0.4) is 0 Å². The van der Waals surface area contributed by atoms with Gasteiger partial charge in [0.2, 0.25) is 0 Å². The van der Waals surface area contributed by atoms with Crippen LogP contribution in [0.2, 0.25) is 0 Å². The van der Waals surface area contributed by atoms with E-state index in [4.69, 9.17) is 0 Å². The van der Waals surface area contributed by atoms with Gasteiger partial charge in [0.15, 0.2) is 0 Å². The molecule has 0 saturated heterocycles. The van der Waals surface area contributed by atoms with Crippen molar-refractivity contribution in [2.24, 2.45) is 5.92 Å². The second-order valence-electron chi connectivity index (χ2n) is 6.57. The van der Waals surface area contributed by atoms with Crippen LogP contribution in [0.1, 0.15) is 59.8 Å². The molecule has 3 heteroatoms. The van der Waals surface area contributed by atoms with Gasteiger partial charge in [-0.25, -0.2) is 0 Å². The Morgan fingerprint density at radius 1 is 1.37 bits per heavy atom. The Hall–Kier alpha value is -0.590. The van der Waals surface area contributed by atoms with E-state index in [9.17, 15) is 5.26 Å². The van der Waals surface area contributed by atoms with Gasteiger partial charge in [-0.2, -0.15) is 5.26 Å². The summed E-state index contributed by atoms with van der Waals surface area (Å²) >= 11 is 0. The van der Waals surface area contributed by atoms with Gasteiger partial charge < -0.3 is 0 Å². The van der Waals surface area contributed by atoms with Crippen molar-refractivity contribution in [3.8, 4) is 6.07 Å². The second kappa shape index (κ2) is 7.87. The Balaban J connectivity index is 2.64. The molecule has 1 atom stereocenters. The fraction of sp³-hybridized carbons (Fsp3) is 0.938. The third-order valence-electron chi connectivity index (χ3n) is 4.17. The Bertz CT molecular complexity index is 289. The summed E-state index contributed by atoms with van der Waals surface area (Å²) in [5.41, 5.74) is -0.408. The number of nitriles is 1. The maximum Gasteiger partial charge on any atom is 0.116 e. The molecule has 1 aliphatic carbocycles. The summed E-state index contributed by atoms with van der Waals surface area (Å²) in [7, 11) is 0. The molecule has 1 fully saturated rings. The van der Waals surface area contributed by atoms with Crippen LogP contribution in [0.4, 0.5) is 0 Å². The van der Waals surface area contributed by atoms with Crippen molar-refractivity contribution in [1.82, 2.24) is 10.2 Å². The zero-order chi connectivity index (χ0) is 14.3. The van der Waals surface area contributed by atoms with Crippen molar-refractivity contribution in [2.45, 2.75) is 71.4 Å². The van der Waals surface area contributed by atoms with E-state index < -0.39 is 5.54 Å². The van der Waals surface area contributed by atoms with E-state index in [0.29, 0.717) is 6.04 Å². The number of likely N-dealkylation sites (N-methyl/N-ethyl adjacent to an activating group) is 1. The smallest absolute Gasteiger partial charge is 0.116 e. The fourth-order valence-corrected chi connectivity index (χ4v) is 3.01. The molecular weight excluding hydrogens is 234 g/mol. The number of hydrogen-bond acceptors (Lipinski definition) is 3. The molecule has 0 bridgehead atoms. The number of nitrogens with zero attached hydrogens (tertiary/aromatic N) is 2. The molecular formula is C16H31N3. The molecule has 19 heavy (non-hydrogen) atoms. The van der Waals surface area contributed by atoms with Crippen molar-refractivity contribution < 1.29 is 0 Å². The lowest BCUT2D eigenvalue weighted by Crippen LogP contribution is -2.52. The van der Waals surface area contributed by atoms with Crippen LogP contribution in [0.5, 0.6) is 0 Å². The highest BCUT2D eigenvalue weighted by molar-refractivity contribution is 5.06. The summed E-state index contributed by atoms with van der Waals surface area (Å²) in [5.74, 6) is 0.733. The van der Waals surface area contributed by atoms with Gasteiger partial charge in [-0.05, 0) is 45.2 Å². The Morgan fingerprint density at radius 3 is 2.47 bits per heavy atom.